The summed E-state index contributed by atoms with van der Waals surface area (Å²) in [7, 11) is 0. The molecule has 0 aliphatic carbocycles. The average molecular weight is 473 g/mol. The second kappa shape index (κ2) is 11.3. The number of rotatable bonds is 9. The Morgan fingerprint density at radius 1 is 0.941 bits per heavy atom. The molecule has 0 aliphatic rings. The summed E-state index contributed by atoms with van der Waals surface area (Å²) in [6, 6.07) is 27.1. The highest BCUT2D eigenvalue weighted by atomic mass is 35.5. The first kappa shape index (κ1) is 23.3. The molecule has 0 heterocycles. The van der Waals surface area contributed by atoms with Crippen molar-refractivity contribution in [3.63, 3.8) is 0 Å². The lowest BCUT2D eigenvalue weighted by Gasteiger charge is -2.13. The SMILES string of the molecule is CCOc1cc(/C=N\NC(=O)Cc2ccc(Cl)cc2)ccc1OCc1cccc2ccccc12. The quantitative estimate of drug-likeness (QED) is 0.234. The van der Waals surface area contributed by atoms with E-state index < -0.39 is 0 Å². The van der Waals surface area contributed by atoms with Gasteiger partial charge in [0.05, 0.1) is 19.2 Å². The van der Waals surface area contributed by atoms with Gasteiger partial charge in [0.1, 0.15) is 6.61 Å². The maximum atomic E-state index is 12.1. The van der Waals surface area contributed by atoms with Gasteiger partial charge < -0.3 is 9.47 Å². The molecule has 172 valence electrons. The van der Waals surface area contributed by atoms with Crippen LogP contribution in [0.2, 0.25) is 5.02 Å². The molecule has 6 heteroatoms. The van der Waals surface area contributed by atoms with Gasteiger partial charge in [-0.3, -0.25) is 4.79 Å². The molecule has 4 aromatic rings. The lowest BCUT2D eigenvalue weighted by Crippen LogP contribution is -2.19. The van der Waals surface area contributed by atoms with Crippen LogP contribution in [0, 0.1) is 0 Å². The standard InChI is InChI=1S/C28H25ClN2O3/c1-2-33-27-16-21(18-30-31-28(32)17-20-10-13-24(29)14-11-20)12-15-26(27)34-19-23-8-5-7-22-6-3-4-9-25(22)23/h3-16,18H,2,17,19H2,1H3,(H,31,32)/b30-18-. The summed E-state index contributed by atoms with van der Waals surface area (Å²) in [5, 5.41) is 7.05. The van der Waals surface area contributed by atoms with Crippen LogP contribution in [0.3, 0.4) is 0 Å². The fraction of sp³-hybridized carbons (Fsp3) is 0.143. The molecule has 0 radical (unpaired) electrons. The Bertz CT molecular complexity index is 1300. The molecule has 0 spiro atoms. The van der Waals surface area contributed by atoms with Crippen molar-refractivity contribution in [3.05, 3.63) is 107 Å². The summed E-state index contributed by atoms with van der Waals surface area (Å²) in [6.45, 7) is 2.85. The first-order valence-corrected chi connectivity index (χ1v) is 11.4. The predicted molar refractivity (Wildman–Crippen MR) is 137 cm³/mol. The van der Waals surface area contributed by atoms with Crippen molar-refractivity contribution in [1.29, 1.82) is 0 Å². The van der Waals surface area contributed by atoms with Crippen LogP contribution in [0.15, 0.2) is 90.0 Å². The third kappa shape index (κ3) is 6.15. The third-order valence-electron chi connectivity index (χ3n) is 5.21. The maximum absolute atomic E-state index is 12.1. The molecule has 34 heavy (non-hydrogen) atoms. The summed E-state index contributed by atoms with van der Waals surface area (Å²) >= 11 is 5.88. The zero-order chi connectivity index (χ0) is 23.8. The zero-order valence-electron chi connectivity index (χ0n) is 18.8. The Labute approximate surface area is 204 Å². The summed E-state index contributed by atoms with van der Waals surface area (Å²) in [5.41, 5.74) is 5.30. The number of amides is 1. The van der Waals surface area contributed by atoms with Crippen molar-refractivity contribution in [1.82, 2.24) is 5.43 Å². The zero-order valence-corrected chi connectivity index (χ0v) is 19.6. The highest BCUT2D eigenvalue weighted by molar-refractivity contribution is 6.30. The van der Waals surface area contributed by atoms with E-state index in [9.17, 15) is 4.79 Å². The van der Waals surface area contributed by atoms with Crippen molar-refractivity contribution in [2.75, 3.05) is 6.61 Å². The van der Waals surface area contributed by atoms with Crippen LogP contribution in [0.4, 0.5) is 0 Å². The summed E-state index contributed by atoms with van der Waals surface area (Å²) in [6.07, 6.45) is 1.80. The Morgan fingerprint density at radius 2 is 1.74 bits per heavy atom. The minimum Gasteiger partial charge on any atom is -0.490 e. The molecule has 0 atom stereocenters. The van der Waals surface area contributed by atoms with Gasteiger partial charge >= 0.3 is 0 Å². The second-order valence-corrected chi connectivity index (χ2v) is 8.10. The predicted octanol–water partition coefficient (Wildman–Crippen LogP) is 6.16. The largest absolute Gasteiger partial charge is 0.490 e. The van der Waals surface area contributed by atoms with E-state index in [0.29, 0.717) is 29.7 Å². The van der Waals surface area contributed by atoms with Crippen molar-refractivity contribution in [3.8, 4) is 11.5 Å². The summed E-state index contributed by atoms with van der Waals surface area (Å²) in [4.78, 5) is 12.1. The van der Waals surface area contributed by atoms with Gasteiger partial charge in [0.15, 0.2) is 11.5 Å². The molecule has 5 nitrogen and oxygen atoms in total. The molecule has 0 fully saturated rings. The number of halogens is 1. The maximum Gasteiger partial charge on any atom is 0.244 e. The molecule has 0 saturated heterocycles. The van der Waals surface area contributed by atoms with Gasteiger partial charge in [-0.1, -0.05) is 66.2 Å². The van der Waals surface area contributed by atoms with Crippen LogP contribution in [0.25, 0.3) is 10.8 Å². The van der Waals surface area contributed by atoms with Crippen LogP contribution in [-0.2, 0) is 17.8 Å². The van der Waals surface area contributed by atoms with E-state index >= 15 is 0 Å². The molecular weight excluding hydrogens is 448 g/mol. The van der Waals surface area contributed by atoms with Crippen LogP contribution in [-0.4, -0.2) is 18.7 Å². The average Bonchev–Trinajstić information content (AvgIpc) is 2.85. The second-order valence-electron chi connectivity index (χ2n) is 7.66. The molecule has 0 bridgehead atoms. The van der Waals surface area contributed by atoms with E-state index in [1.165, 1.54) is 10.8 Å². The highest BCUT2D eigenvalue weighted by Gasteiger charge is 2.08. The number of carbonyl (C=O) groups excluding carboxylic acids is 1. The topological polar surface area (TPSA) is 59.9 Å². The number of nitrogens with one attached hydrogen (secondary N) is 1. The molecule has 1 amide bonds. The van der Waals surface area contributed by atoms with Crippen LogP contribution in [0.5, 0.6) is 11.5 Å². The Morgan fingerprint density at radius 3 is 2.56 bits per heavy atom. The number of hydrazone groups is 1. The van der Waals surface area contributed by atoms with Gasteiger partial charge in [-0.05, 0) is 64.7 Å². The van der Waals surface area contributed by atoms with Crippen LogP contribution in [0.1, 0.15) is 23.6 Å². The van der Waals surface area contributed by atoms with Crippen molar-refractivity contribution in [2.24, 2.45) is 5.10 Å². The van der Waals surface area contributed by atoms with Crippen LogP contribution >= 0.6 is 11.6 Å². The fourth-order valence-electron chi connectivity index (χ4n) is 3.57. The van der Waals surface area contributed by atoms with Gasteiger partial charge in [0, 0.05) is 5.02 Å². The molecule has 1 N–H and O–H groups in total. The Balaban J connectivity index is 1.40. The molecule has 4 aromatic carbocycles. The number of ether oxygens (including phenoxy) is 2. The van der Waals surface area contributed by atoms with E-state index in [0.717, 1.165) is 16.7 Å². The third-order valence-corrected chi connectivity index (χ3v) is 5.46. The Hall–Kier alpha value is -3.83. The fourth-order valence-corrected chi connectivity index (χ4v) is 3.70. The lowest BCUT2D eigenvalue weighted by molar-refractivity contribution is -0.120. The van der Waals surface area contributed by atoms with E-state index in [-0.39, 0.29) is 12.3 Å². The monoisotopic (exact) mass is 472 g/mol. The van der Waals surface area contributed by atoms with Crippen molar-refractivity contribution in [2.45, 2.75) is 20.0 Å². The van der Waals surface area contributed by atoms with Crippen molar-refractivity contribution < 1.29 is 14.3 Å². The number of benzene rings is 4. The van der Waals surface area contributed by atoms with E-state index in [1.807, 2.05) is 55.5 Å². The van der Waals surface area contributed by atoms with Crippen LogP contribution < -0.4 is 14.9 Å². The van der Waals surface area contributed by atoms with Crippen molar-refractivity contribution >= 4 is 34.5 Å². The summed E-state index contributed by atoms with van der Waals surface area (Å²) < 4.78 is 11.9. The van der Waals surface area contributed by atoms with Gasteiger partial charge in [-0.25, -0.2) is 5.43 Å². The Kier molecular flexibility index (Phi) is 7.79. The first-order valence-electron chi connectivity index (χ1n) is 11.0. The van der Waals surface area contributed by atoms with Gasteiger partial charge in [-0.15, -0.1) is 0 Å². The lowest BCUT2D eigenvalue weighted by atomic mass is 10.1. The number of hydrogen-bond acceptors (Lipinski definition) is 4. The molecule has 0 aliphatic heterocycles. The van der Waals surface area contributed by atoms with E-state index in [4.69, 9.17) is 21.1 Å². The van der Waals surface area contributed by atoms with E-state index in [1.54, 1.807) is 18.3 Å². The number of fused-ring (bicyclic) bond motifs is 1. The molecule has 0 aromatic heterocycles. The van der Waals surface area contributed by atoms with Gasteiger partial charge in [0.25, 0.3) is 0 Å². The molecule has 0 unspecified atom stereocenters. The molecular formula is C28H25ClN2O3. The number of hydrogen-bond donors (Lipinski definition) is 1. The smallest absolute Gasteiger partial charge is 0.244 e. The normalized spacial score (nSPS) is 11.0. The minimum atomic E-state index is -0.210. The van der Waals surface area contributed by atoms with Gasteiger partial charge in [0.2, 0.25) is 5.91 Å². The van der Waals surface area contributed by atoms with E-state index in [2.05, 4.69) is 34.8 Å². The number of carbonyl (C=O) groups is 1. The summed E-state index contributed by atoms with van der Waals surface area (Å²) in [5.74, 6) is 1.07. The molecule has 4 rings (SSSR count). The highest BCUT2D eigenvalue weighted by Crippen LogP contribution is 2.30. The van der Waals surface area contributed by atoms with Gasteiger partial charge in [-0.2, -0.15) is 5.10 Å². The minimum absolute atomic E-state index is 0.210. The number of nitrogens with zero attached hydrogens (tertiary/aromatic N) is 1. The first-order chi connectivity index (χ1) is 16.6. The molecule has 0 saturated carbocycles.